The van der Waals surface area contributed by atoms with Gasteiger partial charge in [0.15, 0.2) is 12.6 Å². The molecule has 7 nitrogen and oxygen atoms in total. The number of aromatic nitrogens is 1. The van der Waals surface area contributed by atoms with Gasteiger partial charge in [0.05, 0.1) is 13.2 Å². The van der Waals surface area contributed by atoms with Crippen LogP contribution in [0.2, 0.25) is 0 Å². The second kappa shape index (κ2) is 10.5. The molecule has 1 aliphatic heterocycles. The summed E-state index contributed by atoms with van der Waals surface area (Å²) in [5.41, 5.74) is 0.555. The molecule has 1 atom stereocenters. The van der Waals surface area contributed by atoms with Gasteiger partial charge in [0.2, 0.25) is 5.88 Å². The lowest BCUT2D eigenvalue weighted by molar-refractivity contribution is -0.154. The third kappa shape index (κ3) is 7.51. The van der Waals surface area contributed by atoms with Gasteiger partial charge in [-0.05, 0) is 31.4 Å². The number of aliphatic hydroxyl groups excluding tert-OH is 1. The van der Waals surface area contributed by atoms with Crippen molar-refractivity contribution in [2.45, 2.75) is 32.5 Å². The predicted molar refractivity (Wildman–Crippen MR) is 98.2 cm³/mol. The van der Waals surface area contributed by atoms with Crippen LogP contribution in [0.4, 0.5) is 13.2 Å². The number of guanidine groups is 1. The van der Waals surface area contributed by atoms with Crippen LogP contribution in [0.25, 0.3) is 0 Å². The third-order valence-corrected chi connectivity index (χ3v) is 4.40. The zero-order valence-electron chi connectivity index (χ0n) is 15.9. The number of nitrogens with one attached hydrogen (secondary N) is 2. The summed E-state index contributed by atoms with van der Waals surface area (Å²) < 4.78 is 46.9. The third-order valence-electron chi connectivity index (χ3n) is 4.40. The summed E-state index contributed by atoms with van der Waals surface area (Å²) in [5, 5.41) is 15.7. The minimum absolute atomic E-state index is 0.0898. The minimum Gasteiger partial charge on any atom is -0.468 e. The van der Waals surface area contributed by atoms with Crippen LogP contribution < -0.4 is 15.4 Å². The first kappa shape index (κ1) is 22.2. The van der Waals surface area contributed by atoms with E-state index in [0.29, 0.717) is 44.2 Å². The lowest BCUT2D eigenvalue weighted by Crippen LogP contribution is -2.44. The molecule has 0 aliphatic carbocycles. The van der Waals surface area contributed by atoms with Crippen LogP contribution in [0, 0.1) is 5.41 Å². The number of hydrogen-bond donors (Lipinski definition) is 3. The highest BCUT2D eigenvalue weighted by atomic mass is 19.4. The van der Waals surface area contributed by atoms with Gasteiger partial charge >= 0.3 is 6.18 Å². The minimum atomic E-state index is -4.41. The molecule has 1 unspecified atom stereocenters. The van der Waals surface area contributed by atoms with Gasteiger partial charge < -0.3 is 25.2 Å². The summed E-state index contributed by atoms with van der Waals surface area (Å²) >= 11 is 0. The molecule has 2 rings (SSSR count). The molecule has 1 aromatic rings. The van der Waals surface area contributed by atoms with Gasteiger partial charge in [-0.3, -0.25) is 0 Å². The van der Waals surface area contributed by atoms with Gasteiger partial charge in [0.1, 0.15) is 0 Å². The van der Waals surface area contributed by atoms with Crippen molar-refractivity contribution in [2.24, 2.45) is 10.4 Å². The number of aliphatic imine (C=N–C) groups is 1. The number of aliphatic hydroxyl groups is 1. The quantitative estimate of drug-likeness (QED) is 0.430. The molecule has 28 heavy (non-hydrogen) atoms. The van der Waals surface area contributed by atoms with Crippen molar-refractivity contribution in [3.8, 4) is 5.88 Å². The SMILES string of the molecule is CCNC(=NCc1ccnc(OCC(F)(F)F)c1)NCC1(CCO)CCOC1. The van der Waals surface area contributed by atoms with Gasteiger partial charge in [-0.1, -0.05) is 0 Å². The zero-order valence-corrected chi connectivity index (χ0v) is 15.9. The van der Waals surface area contributed by atoms with E-state index in [0.717, 1.165) is 6.42 Å². The fraction of sp³-hybridized carbons (Fsp3) is 0.667. The molecular weight excluding hydrogens is 377 g/mol. The second-order valence-corrected chi connectivity index (χ2v) is 6.73. The monoisotopic (exact) mass is 404 g/mol. The van der Waals surface area contributed by atoms with E-state index in [9.17, 15) is 18.3 Å². The van der Waals surface area contributed by atoms with Crippen LogP contribution in [0.3, 0.4) is 0 Å². The van der Waals surface area contributed by atoms with Crippen molar-refractivity contribution < 1.29 is 27.8 Å². The summed E-state index contributed by atoms with van der Waals surface area (Å²) in [4.78, 5) is 8.26. The standard InChI is InChI=1S/C18H27F3N4O3/c1-2-22-16(25-11-17(4-7-26)5-8-27-12-17)24-10-14-3-6-23-15(9-14)28-13-18(19,20)21/h3,6,9,26H,2,4-5,7-8,10-13H2,1H3,(H2,22,24,25). The lowest BCUT2D eigenvalue weighted by atomic mass is 9.84. The van der Waals surface area contributed by atoms with E-state index in [1.54, 1.807) is 6.07 Å². The number of pyridine rings is 1. The van der Waals surface area contributed by atoms with E-state index in [4.69, 9.17) is 4.74 Å². The summed E-state index contributed by atoms with van der Waals surface area (Å²) in [6, 6.07) is 3.11. The normalized spacial score (nSPS) is 20.2. The highest BCUT2D eigenvalue weighted by molar-refractivity contribution is 5.79. The van der Waals surface area contributed by atoms with Crippen LogP contribution in [-0.4, -0.2) is 61.7 Å². The molecule has 0 radical (unpaired) electrons. The highest BCUT2D eigenvalue weighted by Gasteiger charge is 2.34. The summed E-state index contributed by atoms with van der Waals surface area (Å²) in [7, 11) is 0. The Morgan fingerprint density at radius 3 is 2.89 bits per heavy atom. The van der Waals surface area contributed by atoms with Crippen molar-refractivity contribution >= 4 is 5.96 Å². The van der Waals surface area contributed by atoms with Crippen molar-refractivity contribution in [3.63, 3.8) is 0 Å². The van der Waals surface area contributed by atoms with E-state index in [1.165, 1.54) is 12.3 Å². The van der Waals surface area contributed by atoms with Crippen molar-refractivity contribution in [3.05, 3.63) is 23.9 Å². The topological polar surface area (TPSA) is 88.0 Å². The molecule has 1 aliphatic rings. The Kier molecular flexibility index (Phi) is 8.31. The largest absolute Gasteiger partial charge is 0.468 e. The molecule has 1 saturated heterocycles. The predicted octanol–water partition coefficient (Wildman–Crippen LogP) is 1.87. The molecular formula is C18H27F3N4O3. The van der Waals surface area contributed by atoms with Gasteiger partial charge in [-0.2, -0.15) is 13.2 Å². The van der Waals surface area contributed by atoms with Crippen molar-refractivity contribution in [1.29, 1.82) is 0 Å². The number of alkyl halides is 3. The average Bonchev–Trinajstić information content (AvgIpc) is 3.11. The molecule has 0 bridgehead atoms. The highest BCUT2D eigenvalue weighted by Crippen LogP contribution is 2.31. The van der Waals surface area contributed by atoms with Crippen LogP contribution in [0.1, 0.15) is 25.3 Å². The van der Waals surface area contributed by atoms with Gasteiger partial charge in [-0.15, -0.1) is 0 Å². The first-order valence-electron chi connectivity index (χ1n) is 9.21. The van der Waals surface area contributed by atoms with Gasteiger partial charge in [0, 0.05) is 44.0 Å². The van der Waals surface area contributed by atoms with Crippen LogP contribution >= 0.6 is 0 Å². The Labute approximate surface area is 162 Å². The maximum atomic E-state index is 12.3. The second-order valence-electron chi connectivity index (χ2n) is 6.73. The number of halogens is 3. The number of nitrogens with zero attached hydrogens (tertiary/aromatic N) is 2. The fourth-order valence-electron chi connectivity index (χ4n) is 2.88. The lowest BCUT2D eigenvalue weighted by Gasteiger charge is -2.27. The molecule has 2 heterocycles. The molecule has 0 spiro atoms. The zero-order chi connectivity index (χ0) is 20.5. The summed E-state index contributed by atoms with van der Waals surface area (Å²) in [5.74, 6) is 0.495. The Bertz CT molecular complexity index is 635. The molecule has 0 amide bonds. The van der Waals surface area contributed by atoms with Gasteiger partial charge in [-0.25, -0.2) is 9.98 Å². The molecule has 0 saturated carbocycles. The molecule has 1 fully saturated rings. The Morgan fingerprint density at radius 2 is 2.25 bits per heavy atom. The fourth-order valence-corrected chi connectivity index (χ4v) is 2.88. The molecule has 10 heteroatoms. The Hall–Kier alpha value is -2.07. The number of ether oxygens (including phenoxy) is 2. The van der Waals surface area contributed by atoms with Crippen molar-refractivity contribution in [1.82, 2.24) is 15.6 Å². The van der Waals surface area contributed by atoms with Crippen LogP contribution in [0.15, 0.2) is 23.3 Å². The molecule has 1 aromatic heterocycles. The van der Waals surface area contributed by atoms with Crippen LogP contribution in [0.5, 0.6) is 5.88 Å². The first-order chi connectivity index (χ1) is 13.4. The first-order valence-corrected chi connectivity index (χ1v) is 9.21. The van der Waals surface area contributed by atoms with E-state index in [2.05, 4.69) is 25.3 Å². The maximum Gasteiger partial charge on any atom is 0.422 e. The van der Waals surface area contributed by atoms with E-state index >= 15 is 0 Å². The Balaban J connectivity index is 1.96. The molecule has 3 N–H and O–H groups in total. The summed E-state index contributed by atoms with van der Waals surface area (Å²) in [6.07, 6.45) is -1.51. The van der Waals surface area contributed by atoms with E-state index in [-0.39, 0.29) is 24.4 Å². The Morgan fingerprint density at radius 1 is 1.43 bits per heavy atom. The smallest absolute Gasteiger partial charge is 0.422 e. The van der Waals surface area contributed by atoms with Crippen molar-refractivity contribution in [2.75, 3.05) is 39.5 Å². The van der Waals surface area contributed by atoms with Crippen LogP contribution in [-0.2, 0) is 11.3 Å². The molecule has 158 valence electrons. The summed E-state index contributed by atoms with van der Waals surface area (Å²) in [6.45, 7) is 3.43. The maximum absolute atomic E-state index is 12.3. The number of rotatable bonds is 9. The average molecular weight is 404 g/mol. The number of hydrogen-bond acceptors (Lipinski definition) is 5. The molecule has 0 aromatic carbocycles. The van der Waals surface area contributed by atoms with E-state index in [1.807, 2.05) is 6.92 Å². The van der Waals surface area contributed by atoms with E-state index < -0.39 is 12.8 Å². The van der Waals surface area contributed by atoms with Gasteiger partial charge in [0.25, 0.3) is 0 Å².